The largest absolute Gasteiger partial charge is 0.455 e. The molecule has 0 radical (unpaired) electrons. The quantitative estimate of drug-likeness (QED) is 0.196. The number of nitrogens with zero attached hydrogens (tertiary/aromatic N) is 2. The number of fused-ring (bicyclic) bond motifs is 10. The minimum absolute atomic E-state index is 0.109. The second kappa shape index (κ2) is 8.47. The van der Waals surface area contributed by atoms with Gasteiger partial charge in [0, 0.05) is 49.3 Å². The molecule has 43 heavy (non-hydrogen) atoms. The van der Waals surface area contributed by atoms with Crippen LogP contribution >= 0.6 is 0 Å². The van der Waals surface area contributed by atoms with E-state index in [4.69, 9.17) is 11.0 Å². The van der Waals surface area contributed by atoms with Crippen molar-refractivity contribution in [2.45, 2.75) is 19.3 Å². The van der Waals surface area contributed by atoms with Crippen LogP contribution in [0.15, 0.2) is 126 Å². The van der Waals surface area contributed by atoms with E-state index in [2.05, 4.69) is 132 Å². The number of benzene rings is 6. The van der Waals surface area contributed by atoms with Crippen molar-refractivity contribution in [3.63, 3.8) is 0 Å². The van der Waals surface area contributed by atoms with E-state index in [0.717, 1.165) is 49.8 Å². The molecule has 0 N–H and O–H groups in total. The standard InChI is InChI=1S/C40H26N2O/c1-40(2)30-17-7-4-14-28(30)36-31(40)23-22-27-26-15-10-16-29(38(26)43-39(27)36)37-32(41-3)18-11-21-35(37)42-33-19-8-5-12-24(33)25-13-6-9-20-34(25)42/h4-23H,1-2H3. The molecule has 0 saturated carbocycles. The van der Waals surface area contributed by atoms with E-state index >= 15 is 0 Å². The molecule has 2 aromatic heterocycles. The molecule has 3 nitrogen and oxygen atoms in total. The van der Waals surface area contributed by atoms with Crippen LogP contribution < -0.4 is 0 Å². The van der Waals surface area contributed by atoms with Crippen molar-refractivity contribution in [1.29, 1.82) is 0 Å². The molecule has 0 amide bonds. The Bertz CT molecular complexity index is 2450. The van der Waals surface area contributed by atoms with E-state index in [0.29, 0.717) is 5.69 Å². The lowest BCUT2D eigenvalue weighted by atomic mass is 9.82. The number of hydrogen-bond donors (Lipinski definition) is 0. The molecule has 0 unspecified atom stereocenters. The molecular weight excluding hydrogens is 524 g/mol. The fraction of sp³-hybridized carbons (Fsp3) is 0.0750. The Balaban J connectivity index is 1.40. The number of hydrogen-bond acceptors (Lipinski definition) is 1. The molecule has 3 heteroatoms. The lowest BCUT2D eigenvalue weighted by Gasteiger charge is -2.21. The molecule has 2 heterocycles. The lowest BCUT2D eigenvalue weighted by Crippen LogP contribution is -2.14. The first-order valence-electron chi connectivity index (χ1n) is 14.7. The Morgan fingerprint density at radius 3 is 1.95 bits per heavy atom. The topological polar surface area (TPSA) is 22.4 Å². The van der Waals surface area contributed by atoms with Crippen molar-refractivity contribution in [2.24, 2.45) is 0 Å². The van der Waals surface area contributed by atoms with Gasteiger partial charge in [-0.2, -0.15) is 0 Å². The number of rotatable bonds is 2. The molecule has 0 spiro atoms. The van der Waals surface area contributed by atoms with Gasteiger partial charge in [-0.25, -0.2) is 4.85 Å². The highest BCUT2D eigenvalue weighted by molar-refractivity contribution is 6.16. The molecule has 0 fully saturated rings. The van der Waals surface area contributed by atoms with Crippen LogP contribution in [0.5, 0.6) is 0 Å². The highest BCUT2D eigenvalue weighted by Crippen LogP contribution is 2.53. The molecule has 1 aliphatic rings. The third-order valence-corrected chi connectivity index (χ3v) is 9.44. The van der Waals surface area contributed by atoms with Crippen LogP contribution in [-0.2, 0) is 5.41 Å². The number of furan rings is 1. The summed E-state index contributed by atoms with van der Waals surface area (Å²) in [5.74, 6) is 0. The Morgan fingerprint density at radius 1 is 0.558 bits per heavy atom. The van der Waals surface area contributed by atoms with E-state index in [9.17, 15) is 0 Å². The van der Waals surface area contributed by atoms with Crippen LogP contribution in [0, 0.1) is 6.57 Å². The molecular formula is C40H26N2O. The summed E-state index contributed by atoms with van der Waals surface area (Å²) >= 11 is 0. The van der Waals surface area contributed by atoms with Crippen LogP contribution in [0.2, 0.25) is 0 Å². The van der Waals surface area contributed by atoms with Gasteiger partial charge >= 0.3 is 0 Å². The Labute approximate surface area is 249 Å². The van der Waals surface area contributed by atoms with Crippen molar-refractivity contribution in [3.8, 4) is 27.9 Å². The lowest BCUT2D eigenvalue weighted by molar-refractivity contribution is 0.653. The van der Waals surface area contributed by atoms with Gasteiger partial charge in [0.05, 0.1) is 17.6 Å². The predicted octanol–water partition coefficient (Wildman–Crippen LogP) is 11.2. The molecule has 9 rings (SSSR count). The Kier molecular flexibility index (Phi) is 4.74. The van der Waals surface area contributed by atoms with Crippen molar-refractivity contribution in [3.05, 3.63) is 144 Å². The second-order valence-corrected chi connectivity index (χ2v) is 12.0. The minimum atomic E-state index is -0.109. The van der Waals surface area contributed by atoms with Gasteiger partial charge in [0.25, 0.3) is 0 Å². The second-order valence-electron chi connectivity index (χ2n) is 12.0. The zero-order chi connectivity index (χ0) is 28.9. The van der Waals surface area contributed by atoms with E-state index in [1.54, 1.807) is 0 Å². The van der Waals surface area contributed by atoms with E-state index in [1.165, 1.54) is 33.0 Å². The monoisotopic (exact) mass is 550 g/mol. The smallest absolute Gasteiger partial charge is 0.197 e. The normalized spacial score (nSPS) is 13.5. The first-order chi connectivity index (χ1) is 21.1. The fourth-order valence-electron chi connectivity index (χ4n) is 7.50. The van der Waals surface area contributed by atoms with Gasteiger partial charge in [-0.05, 0) is 34.9 Å². The molecule has 6 aromatic carbocycles. The average molecular weight is 551 g/mol. The zero-order valence-electron chi connectivity index (χ0n) is 23.8. The summed E-state index contributed by atoms with van der Waals surface area (Å²) in [6.07, 6.45) is 0. The van der Waals surface area contributed by atoms with Crippen molar-refractivity contribution in [1.82, 2.24) is 4.57 Å². The molecule has 1 aliphatic carbocycles. The summed E-state index contributed by atoms with van der Waals surface area (Å²) in [5.41, 5.74) is 12.2. The maximum absolute atomic E-state index is 8.21. The molecule has 0 saturated heterocycles. The van der Waals surface area contributed by atoms with E-state index in [1.807, 2.05) is 12.1 Å². The third-order valence-electron chi connectivity index (χ3n) is 9.44. The van der Waals surface area contributed by atoms with Gasteiger partial charge in [0.2, 0.25) is 0 Å². The van der Waals surface area contributed by atoms with Crippen LogP contribution in [0.3, 0.4) is 0 Å². The fourth-order valence-corrected chi connectivity index (χ4v) is 7.50. The van der Waals surface area contributed by atoms with Gasteiger partial charge < -0.3 is 8.98 Å². The Morgan fingerprint density at radius 2 is 1.19 bits per heavy atom. The van der Waals surface area contributed by atoms with Gasteiger partial charge in [-0.15, -0.1) is 0 Å². The van der Waals surface area contributed by atoms with Crippen LogP contribution in [-0.4, -0.2) is 4.57 Å². The molecule has 8 aromatic rings. The van der Waals surface area contributed by atoms with Gasteiger partial charge in [0.15, 0.2) is 5.69 Å². The Hall–Kier alpha value is -5.59. The highest BCUT2D eigenvalue weighted by atomic mass is 16.3. The first-order valence-corrected chi connectivity index (χ1v) is 14.7. The van der Waals surface area contributed by atoms with Gasteiger partial charge in [-0.1, -0.05) is 117 Å². The minimum Gasteiger partial charge on any atom is -0.455 e. The summed E-state index contributed by atoms with van der Waals surface area (Å²) in [6.45, 7) is 12.8. The van der Waals surface area contributed by atoms with E-state index < -0.39 is 0 Å². The van der Waals surface area contributed by atoms with Crippen LogP contribution in [0.4, 0.5) is 5.69 Å². The van der Waals surface area contributed by atoms with Crippen LogP contribution in [0.1, 0.15) is 25.0 Å². The SMILES string of the molecule is [C-]#[N+]c1cccc(-n2c3ccccc3c3ccccc32)c1-c1cccc2c1oc1c3c(ccc12)C(C)(C)c1ccccc1-3. The van der Waals surface area contributed by atoms with Crippen molar-refractivity contribution < 1.29 is 4.42 Å². The van der Waals surface area contributed by atoms with Gasteiger partial charge in [0.1, 0.15) is 11.2 Å². The molecule has 0 bridgehead atoms. The molecule has 202 valence electrons. The summed E-state index contributed by atoms with van der Waals surface area (Å²) in [5, 5.41) is 4.54. The van der Waals surface area contributed by atoms with Crippen molar-refractivity contribution in [2.75, 3.05) is 0 Å². The number of para-hydroxylation sites is 3. The van der Waals surface area contributed by atoms with E-state index in [-0.39, 0.29) is 5.41 Å². The summed E-state index contributed by atoms with van der Waals surface area (Å²) in [4.78, 5) is 4.04. The van der Waals surface area contributed by atoms with Crippen molar-refractivity contribution >= 4 is 49.4 Å². The van der Waals surface area contributed by atoms with Crippen LogP contribution in [0.25, 0.3) is 76.5 Å². The zero-order valence-corrected chi connectivity index (χ0v) is 23.8. The maximum Gasteiger partial charge on any atom is 0.197 e. The maximum atomic E-state index is 8.21. The number of aromatic nitrogens is 1. The van der Waals surface area contributed by atoms with Gasteiger partial charge in [-0.3, -0.25) is 0 Å². The third kappa shape index (κ3) is 3.07. The summed E-state index contributed by atoms with van der Waals surface area (Å²) < 4.78 is 9.26. The summed E-state index contributed by atoms with van der Waals surface area (Å²) in [6, 6.07) is 42.5. The average Bonchev–Trinajstić information content (AvgIpc) is 3.67. The predicted molar refractivity (Wildman–Crippen MR) is 177 cm³/mol. The molecule has 0 aliphatic heterocycles. The molecule has 0 atom stereocenters. The first kappa shape index (κ1) is 24.1. The highest BCUT2D eigenvalue weighted by Gasteiger charge is 2.37. The summed E-state index contributed by atoms with van der Waals surface area (Å²) in [7, 11) is 0.